The Hall–Kier alpha value is -1.13. The average Bonchev–Trinajstić information content (AvgIpc) is 2.88. The summed E-state index contributed by atoms with van der Waals surface area (Å²) < 4.78 is 18.6. The van der Waals surface area contributed by atoms with E-state index in [2.05, 4.69) is 4.90 Å². The molecule has 4 heteroatoms. The zero-order chi connectivity index (χ0) is 13.0. The molecule has 2 N–H and O–H groups in total. The Morgan fingerprint density at radius 2 is 2.11 bits per heavy atom. The van der Waals surface area contributed by atoms with E-state index < -0.39 is 0 Å². The summed E-state index contributed by atoms with van der Waals surface area (Å²) >= 11 is 0. The summed E-state index contributed by atoms with van der Waals surface area (Å²) in [6, 6.07) is 5.14. The van der Waals surface area contributed by atoms with Crippen molar-refractivity contribution >= 4 is 0 Å². The van der Waals surface area contributed by atoms with Crippen LogP contribution in [0.2, 0.25) is 0 Å². The van der Waals surface area contributed by atoms with Crippen LogP contribution in [0.5, 0.6) is 5.75 Å². The smallest absolute Gasteiger partial charge is 0.165 e. The second-order valence-corrected chi connectivity index (χ2v) is 4.83. The van der Waals surface area contributed by atoms with Gasteiger partial charge >= 0.3 is 0 Å². The number of halogens is 1. The van der Waals surface area contributed by atoms with E-state index >= 15 is 0 Å². The van der Waals surface area contributed by atoms with E-state index in [0.717, 1.165) is 25.2 Å². The van der Waals surface area contributed by atoms with E-state index in [1.165, 1.54) is 20.0 Å². The molecule has 100 valence electrons. The Morgan fingerprint density at radius 3 is 2.67 bits per heavy atom. The lowest BCUT2D eigenvalue weighted by molar-refractivity contribution is 0.315. The Kier molecular flexibility index (Phi) is 4.55. The number of hydrogen-bond donors (Lipinski definition) is 1. The molecule has 1 fully saturated rings. The molecule has 0 spiro atoms. The zero-order valence-electron chi connectivity index (χ0n) is 10.9. The molecular weight excluding hydrogens is 231 g/mol. The molecule has 1 aliphatic rings. The van der Waals surface area contributed by atoms with Gasteiger partial charge in [-0.1, -0.05) is 6.07 Å². The summed E-state index contributed by atoms with van der Waals surface area (Å²) in [5.74, 6) is 0.175. The fourth-order valence-electron chi connectivity index (χ4n) is 2.53. The third kappa shape index (κ3) is 3.00. The highest BCUT2D eigenvalue weighted by atomic mass is 19.1. The van der Waals surface area contributed by atoms with Crippen LogP contribution in [0.25, 0.3) is 0 Å². The van der Waals surface area contributed by atoms with Crippen LogP contribution in [0, 0.1) is 5.82 Å². The van der Waals surface area contributed by atoms with Crippen LogP contribution in [-0.4, -0.2) is 38.2 Å². The minimum absolute atomic E-state index is 0.198. The van der Waals surface area contributed by atoms with Gasteiger partial charge in [0.15, 0.2) is 11.6 Å². The zero-order valence-corrected chi connectivity index (χ0v) is 10.9. The second-order valence-electron chi connectivity index (χ2n) is 4.83. The molecule has 0 amide bonds. The number of benzene rings is 1. The van der Waals surface area contributed by atoms with Crippen LogP contribution in [-0.2, 0) is 0 Å². The Morgan fingerprint density at radius 1 is 1.39 bits per heavy atom. The van der Waals surface area contributed by atoms with Crippen molar-refractivity contribution in [3.05, 3.63) is 29.6 Å². The molecule has 0 bridgehead atoms. The van der Waals surface area contributed by atoms with Gasteiger partial charge in [0.05, 0.1) is 7.11 Å². The Labute approximate surface area is 108 Å². The number of nitrogens with zero attached hydrogens (tertiary/aromatic N) is 1. The quantitative estimate of drug-likeness (QED) is 0.870. The molecule has 1 aliphatic heterocycles. The van der Waals surface area contributed by atoms with Gasteiger partial charge in [-0.15, -0.1) is 0 Å². The lowest BCUT2D eigenvalue weighted by Gasteiger charge is -2.22. The van der Waals surface area contributed by atoms with Crippen molar-refractivity contribution in [1.82, 2.24) is 4.90 Å². The van der Waals surface area contributed by atoms with Crippen molar-refractivity contribution in [2.75, 3.05) is 33.3 Å². The van der Waals surface area contributed by atoms with Crippen LogP contribution in [0.4, 0.5) is 4.39 Å². The molecule has 18 heavy (non-hydrogen) atoms. The van der Waals surface area contributed by atoms with Crippen molar-refractivity contribution in [2.24, 2.45) is 5.73 Å². The first-order valence-electron chi connectivity index (χ1n) is 6.50. The Bertz CT molecular complexity index is 391. The minimum Gasteiger partial charge on any atom is -0.494 e. The van der Waals surface area contributed by atoms with Crippen LogP contribution in [0.15, 0.2) is 18.2 Å². The summed E-state index contributed by atoms with van der Waals surface area (Å²) in [5, 5.41) is 0. The predicted octanol–water partition coefficient (Wildman–Crippen LogP) is 1.97. The largest absolute Gasteiger partial charge is 0.494 e. The standard InChI is InChI=1S/C14H21FN2O/c1-18-14-5-4-11(8-13(14)15)12(9-16)10-17-6-2-3-7-17/h4-5,8,12H,2-3,6-7,9-10,16H2,1H3. The van der Waals surface area contributed by atoms with Gasteiger partial charge in [-0.25, -0.2) is 4.39 Å². The van der Waals surface area contributed by atoms with E-state index in [1.807, 2.05) is 6.07 Å². The molecule has 1 heterocycles. The van der Waals surface area contributed by atoms with Gasteiger partial charge in [0.1, 0.15) is 0 Å². The number of hydrogen-bond acceptors (Lipinski definition) is 3. The van der Waals surface area contributed by atoms with Gasteiger partial charge in [-0.05, 0) is 43.6 Å². The topological polar surface area (TPSA) is 38.5 Å². The van der Waals surface area contributed by atoms with Gasteiger partial charge in [-0.3, -0.25) is 0 Å². The molecule has 3 nitrogen and oxygen atoms in total. The maximum absolute atomic E-state index is 13.7. The van der Waals surface area contributed by atoms with Gasteiger partial charge in [0, 0.05) is 19.0 Å². The maximum Gasteiger partial charge on any atom is 0.165 e. The first-order chi connectivity index (χ1) is 8.74. The maximum atomic E-state index is 13.7. The van der Waals surface area contributed by atoms with Crippen LogP contribution >= 0.6 is 0 Å². The van der Waals surface area contributed by atoms with Gasteiger partial charge in [0.2, 0.25) is 0 Å². The lowest BCUT2D eigenvalue weighted by atomic mass is 9.98. The van der Waals surface area contributed by atoms with Crippen molar-refractivity contribution in [2.45, 2.75) is 18.8 Å². The predicted molar refractivity (Wildman–Crippen MR) is 70.4 cm³/mol. The Balaban J connectivity index is 2.08. The molecule has 0 saturated carbocycles. The summed E-state index contributed by atoms with van der Waals surface area (Å²) in [6.45, 7) is 3.73. The van der Waals surface area contributed by atoms with Crippen molar-refractivity contribution in [1.29, 1.82) is 0 Å². The van der Waals surface area contributed by atoms with Crippen molar-refractivity contribution in [3.8, 4) is 5.75 Å². The molecule has 1 aromatic carbocycles. The van der Waals surface area contributed by atoms with E-state index in [4.69, 9.17) is 10.5 Å². The number of methoxy groups -OCH3 is 1. The first kappa shape index (κ1) is 13.3. The molecule has 1 aromatic rings. The lowest BCUT2D eigenvalue weighted by Crippen LogP contribution is -2.29. The highest BCUT2D eigenvalue weighted by Gasteiger charge is 2.19. The second kappa shape index (κ2) is 6.16. The molecule has 0 aromatic heterocycles. The summed E-state index contributed by atoms with van der Waals surface area (Å²) in [7, 11) is 1.47. The number of ether oxygens (including phenoxy) is 1. The molecule has 0 aliphatic carbocycles. The number of nitrogens with two attached hydrogens (primary N) is 1. The third-order valence-electron chi connectivity index (χ3n) is 3.61. The SMILES string of the molecule is COc1ccc(C(CN)CN2CCCC2)cc1F. The van der Waals surface area contributed by atoms with Gasteiger partial charge < -0.3 is 15.4 Å². The first-order valence-corrected chi connectivity index (χ1v) is 6.50. The molecule has 2 rings (SSSR count). The third-order valence-corrected chi connectivity index (χ3v) is 3.61. The van der Waals surface area contributed by atoms with Crippen molar-refractivity contribution < 1.29 is 9.13 Å². The van der Waals surface area contributed by atoms with Crippen LogP contribution in [0.1, 0.15) is 24.3 Å². The minimum atomic E-state index is -0.310. The van der Waals surface area contributed by atoms with Gasteiger partial charge in [0.25, 0.3) is 0 Å². The van der Waals surface area contributed by atoms with Gasteiger partial charge in [-0.2, -0.15) is 0 Å². The molecule has 1 saturated heterocycles. The van der Waals surface area contributed by atoms with Crippen molar-refractivity contribution in [3.63, 3.8) is 0 Å². The highest BCUT2D eigenvalue weighted by molar-refractivity contribution is 5.31. The van der Waals surface area contributed by atoms with Crippen LogP contribution < -0.4 is 10.5 Å². The number of rotatable bonds is 5. The summed E-state index contributed by atoms with van der Waals surface area (Å²) in [4.78, 5) is 2.40. The van der Waals surface area contributed by atoms with E-state index in [1.54, 1.807) is 12.1 Å². The molecule has 0 radical (unpaired) electrons. The fraction of sp³-hybridized carbons (Fsp3) is 0.571. The molecule has 1 atom stereocenters. The van der Waals surface area contributed by atoms with E-state index in [-0.39, 0.29) is 17.5 Å². The van der Waals surface area contributed by atoms with Crippen LogP contribution in [0.3, 0.4) is 0 Å². The van der Waals surface area contributed by atoms with E-state index in [0.29, 0.717) is 6.54 Å². The summed E-state index contributed by atoms with van der Waals surface area (Å²) in [6.07, 6.45) is 2.52. The average molecular weight is 252 g/mol. The number of likely N-dealkylation sites (tertiary alicyclic amines) is 1. The monoisotopic (exact) mass is 252 g/mol. The summed E-state index contributed by atoms with van der Waals surface area (Å²) in [5.41, 5.74) is 6.78. The normalized spacial score (nSPS) is 17.9. The highest BCUT2D eigenvalue weighted by Crippen LogP contribution is 2.24. The van der Waals surface area contributed by atoms with E-state index in [9.17, 15) is 4.39 Å². The fourth-order valence-corrected chi connectivity index (χ4v) is 2.53. The molecule has 1 unspecified atom stereocenters. The molecular formula is C14H21FN2O.